The molecule has 2 aromatic rings. The molecule has 0 amide bonds. The number of aliphatic hydroxyl groups is 3. The van der Waals surface area contributed by atoms with Gasteiger partial charge >= 0.3 is 5.97 Å². The Morgan fingerprint density at radius 2 is 1.62 bits per heavy atom. The SMILES string of the molecule is C=CCO[C@@H]1O[C@H](COC(=O)c2ccc(-c3ccccc3)cc2)[C@@H](O)[C@H](O)[C@H]1O. The van der Waals surface area contributed by atoms with Gasteiger partial charge in [0.2, 0.25) is 0 Å². The Hall–Kier alpha value is -2.55. The predicted molar refractivity (Wildman–Crippen MR) is 105 cm³/mol. The Morgan fingerprint density at radius 1 is 0.966 bits per heavy atom. The van der Waals surface area contributed by atoms with E-state index in [4.69, 9.17) is 14.2 Å². The molecule has 0 radical (unpaired) electrons. The van der Waals surface area contributed by atoms with E-state index < -0.39 is 36.7 Å². The second-order valence-electron chi connectivity index (χ2n) is 6.68. The average Bonchev–Trinajstić information content (AvgIpc) is 2.77. The molecule has 0 aliphatic carbocycles. The third-order valence-electron chi connectivity index (χ3n) is 4.65. The molecule has 29 heavy (non-hydrogen) atoms. The van der Waals surface area contributed by atoms with Crippen molar-refractivity contribution in [1.82, 2.24) is 0 Å². The van der Waals surface area contributed by atoms with E-state index in [0.717, 1.165) is 11.1 Å². The molecule has 1 aliphatic heterocycles. The fourth-order valence-electron chi connectivity index (χ4n) is 3.03. The van der Waals surface area contributed by atoms with Crippen LogP contribution >= 0.6 is 0 Å². The number of rotatable bonds is 7. The molecule has 0 bridgehead atoms. The van der Waals surface area contributed by atoms with Crippen molar-refractivity contribution in [3.8, 4) is 11.1 Å². The molecule has 0 unspecified atom stereocenters. The van der Waals surface area contributed by atoms with Crippen LogP contribution in [0, 0.1) is 0 Å². The largest absolute Gasteiger partial charge is 0.459 e. The van der Waals surface area contributed by atoms with Gasteiger partial charge in [0.25, 0.3) is 0 Å². The lowest BCUT2D eigenvalue weighted by Crippen LogP contribution is -2.59. The third kappa shape index (κ3) is 5.09. The summed E-state index contributed by atoms with van der Waals surface area (Å²) in [5, 5.41) is 30.0. The summed E-state index contributed by atoms with van der Waals surface area (Å²) in [7, 11) is 0. The van der Waals surface area contributed by atoms with E-state index in [-0.39, 0.29) is 13.2 Å². The molecular weight excluding hydrogens is 376 g/mol. The summed E-state index contributed by atoms with van der Waals surface area (Å²) >= 11 is 0. The zero-order valence-corrected chi connectivity index (χ0v) is 15.8. The number of aliphatic hydroxyl groups excluding tert-OH is 3. The van der Waals surface area contributed by atoms with Gasteiger partial charge in [-0.15, -0.1) is 6.58 Å². The maximum atomic E-state index is 12.3. The fourth-order valence-corrected chi connectivity index (χ4v) is 3.03. The van der Waals surface area contributed by atoms with Gasteiger partial charge in [0, 0.05) is 0 Å². The third-order valence-corrected chi connectivity index (χ3v) is 4.65. The summed E-state index contributed by atoms with van der Waals surface area (Å²) in [6.45, 7) is 3.28. The van der Waals surface area contributed by atoms with Gasteiger partial charge < -0.3 is 29.5 Å². The van der Waals surface area contributed by atoms with Gasteiger partial charge in [0.15, 0.2) is 6.29 Å². The van der Waals surface area contributed by atoms with Crippen LogP contribution in [0.3, 0.4) is 0 Å². The van der Waals surface area contributed by atoms with E-state index >= 15 is 0 Å². The Kier molecular flexibility index (Phi) is 7.13. The van der Waals surface area contributed by atoms with Crippen molar-refractivity contribution in [1.29, 1.82) is 0 Å². The maximum Gasteiger partial charge on any atom is 0.338 e. The summed E-state index contributed by atoms with van der Waals surface area (Å²) in [6, 6.07) is 16.7. The number of carbonyl (C=O) groups excluding carboxylic acids is 1. The Balaban J connectivity index is 1.59. The van der Waals surface area contributed by atoms with Gasteiger partial charge in [-0.05, 0) is 23.3 Å². The molecule has 7 nitrogen and oxygen atoms in total. The van der Waals surface area contributed by atoms with Crippen molar-refractivity contribution >= 4 is 5.97 Å². The molecule has 154 valence electrons. The van der Waals surface area contributed by atoms with E-state index in [1.54, 1.807) is 12.1 Å². The van der Waals surface area contributed by atoms with Crippen LogP contribution in [0.5, 0.6) is 0 Å². The van der Waals surface area contributed by atoms with Crippen molar-refractivity contribution in [3.63, 3.8) is 0 Å². The number of benzene rings is 2. The van der Waals surface area contributed by atoms with E-state index in [0.29, 0.717) is 5.56 Å². The minimum absolute atomic E-state index is 0.0881. The summed E-state index contributed by atoms with van der Waals surface area (Å²) in [6.07, 6.45) is -5.10. The van der Waals surface area contributed by atoms with E-state index in [2.05, 4.69) is 6.58 Å². The number of hydrogen-bond acceptors (Lipinski definition) is 7. The molecule has 0 aromatic heterocycles. The molecular formula is C22H24O7. The molecule has 3 N–H and O–H groups in total. The Bertz CT molecular complexity index is 806. The van der Waals surface area contributed by atoms with Gasteiger partial charge in [-0.1, -0.05) is 48.5 Å². The quantitative estimate of drug-likeness (QED) is 0.478. The molecule has 0 spiro atoms. The lowest BCUT2D eigenvalue weighted by Gasteiger charge is -2.39. The second-order valence-corrected chi connectivity index (χ2v) is 6.68. The van der Waals surface area contributed by atoms with Crippen molar-refractivity contribution in [3.05, 3.63) is 72.8 Å². The van der Waals surface area contributed by atoms with Gasteiger partial charge in [-0.2, -0.15) is 0 Å². The lowest BCUT2D eigenvalue weighted by atomic mass is 9.99. The van der Waals surface area contributed by atoms with Crippen molar-refractivity contribution in [2.24, 2.45) is 0 Å². The van der Waals surface area contributed by atoms with Crippen molar-refractivity contribution in [2.45, 2.75) is 30.7 Å². The summed E-state index contributed by atoms with van der Waals surface area (Å²) in [5.74, 6) is -0.593. The molecule has 7 heteroatoms. The highest BCUT2D eigenvalue weighted by Crippen LogP contribution is 2.23. The Labute approximate surface area is 168 Å². The first kappa shape index (κ1) is 21.2. The lowest BCUT2D eigenvalue weighted by molar-refractivity contribution is -0.298. The van der Waals surface area contributed by atoms with Crippen LogP contribution in [0.4, 0.5) is 0 Å². The molecule has 1 fully saturated rings. The highest BCUT2D eigenvalue weighted by atomic mass is 16.7. The average molecular weight is 400 g/mol. The minimum Gasteiger partial charge on any atom is -0.459 e. The fraction of sp³-hybridized carbons (Fsp3) is 0.318. The number of ether oxygens (including phenoxy) is 3. The predicted octanol–water partition coefficient (Wildman–Crippen LogP) is 1.52. The molecule has 1 saturated heterocycles. The smallest absolute Gasteiger partial charge is 0.338 e. The molecule has 0 saturated carbocycles. The Morgan fingerprint density at radius 3 is 2.28 bits per heavy atom. The summed E-state index contributed by atoms with van der Waals surface area (Å²) in [4.78, 5) is 12.3. The zero-order chi connectivity index (χ0) is 20.8. The van der Waals surface area contributed by atoms with Crippen molar-refractivity contribution in [2.75, 3.05) is 13.2 Å². The number of hydrogen-bond donors (Lipinski definition) is 3. The van der Waals surface area contributed by atoms with Gasteiger partial charge in [0.1, 0.15) is 31.0 Å². The first-order valence-corrected chi connectivity index (χ1v) is 9.26. The standard InChI is InChI=1S/C22H24O7/c1-2-12-27-22-20(25)19(24)18(23)17(29-22)13-28-21(26)16-10-8-15(9-11-16)14-6-4-3-5-7-14/h2-11,17-20,22-25H,1,12-13H2/t17-,18-,19+,20-,22-/m1/s1. The molecule has 2 aromatic carbocycles. The minimum atomic E-state index is -1.49. The van der Waals surface area contributed by atoms with Crippen LogP contribution in [-0.2, 0) is 14.2 Å². The highest BCUT2D eigenvalue weighted by Gasteiger charge is 2.44. The zero-order valence-electron chi connectivity index (χ0n) is 15.8. The van der Waals surface area contributed by atoms with Gasteiger partial charge in [-0.25, -0.2) is 4.79 Å². The van der Waals surface area contributed by atoms with E-state index in [1.165, 1.54) is 6.08 Å². The van der Waals surface area contributed by atoms with Crippen LogP contribution in [-0.4, -0.2) is 65.2 Å². The van der Waals surface area contributed by atoms with Crippen LogP contribution in [0.15, 0.2) is 67.3 Å². The van der Waals surface area contributed by atoms with Crippen molar-refractivity contribution < 1.29 is 34.3 Å². The molecule has 1 heterocycles. The maximum absolute atomic E-state index is 12.3. The van der Waals surface area contributed by atoms with Crippen LogP contribution in [0.25, 0.3) is 11.1 Å². The second kappa shape index (κ2) is 9.78. The summed E-state index contributed by atoms with van der Waals surface area (Å²) in [5.41, 5.74) is 2.34. The monoisotopic (exact) mass is 400 g/mol. The molecule has 5 atom stereocenters. The number of esters is 1. The highest BCUT2D eigenvalue weighted by molar-refractivity contribution is 5.90. The van der Waals surface area contributed by atoms with E-state index in [1.807, 2.05) is 42.5 Å². The first-order valence-electron chi connectivity index (χ1n) is 9.26. The van der Waals surface area contributed by atoms with Gasteiger partial charge in [0.05, 0.1) is 12.2 Å². The van der Waals surface area contributed by atoms with E-state index in [9.17, 15) is 20.1 Å². The summed E-state index contributed by atoms with van der Waals surface area (Å²) < 4.78 is 15.9. The first-order chi connectivity index (χ1) is 14.0. The molecule has 3 rings (SSSR count). The molecule has 1 aliphatic rings. The van der Waals surface area contributed by atoms with Gasteiger partial charge in [-0.3, -0.25) is 0 Å². The van der Waals surface area contributed by atoms with Crippen LogP contribution < -0.4 is 0 Å². The topological polar surface area (TPSA) is 105 Å². The van der Waals surface area contributed by atoms with Crippen LogP contribution in [0.2, 0.25) is 0 Å². The normalized spacial score (nSPS) is 26.7. The van der Waals surface area contributed by atoms with Crippen LogP contribution in [0.1, 0.15) is 10.4 Å². The number of carbonyl (C=O) groups is 1.